The van der Waals surface area contributed by atoms with Crippen LogP contribution in [0, 0.1) is 0 Å². The maximum atomic E-state index is 12.6. The lowest BCUT2D eigenvalue weighted by Gasteiger charge is -2.22. The van der Waals surface area contributed by atoms with Gasteiger partial charge in [0.25, 0.3) is 6.43 Å². The maximum Gasteiger partial charge on any atom is 0.408 e. The number of halogens is 2. The smallest absolute Gasteiger partial charge is 0.408 e. The molecule has 0 saturated carbocycles. The van der Waals surface area contributed by atoms with E-state index in [4.69, 9.17) is 9.57 Å². The van der Waals surface area contributed by atoms with Crippen LogP contribution >= 0.6 is 0 Å². The second kappa shape index (κ2) is 4.87. The highest BCUT2D eigenvalue weighted by atomic mass is 19.3. The molecule has 22 heavy (non-hydrogen) atoms. The lowest BCUT2D eigenvalue weighted by molar-refractivity contribution is -0.0675. The van der Waals surface area contributed by atoms with Gasteiger partial charge in [-0.1, -0.05) is 18.2 Å². The Morgan fingerprint density at radius 3 is 2.91 bits per heavy atom. The van der Waals surface area contributed by atoms with Gasteiger partial charge in [0.15, 0.2) is 6.23 Å². The van der Waals surface area contributed by atoms with E-state index in [1.54, 1.807) is 0 Å². The van der Waals surface area contributed by atoms with E-state index in [0.29, 0.717) is 6.61 Å². The molecular formula is C14H15F2N3O3. The lowest BCUT2D eigenvalue weighted by Crippen LogP contribution is -2.38. The van der Waals surface area contributed by atoms with Gasteiger partial charge in [-0.3, -0.25) is 10.2 Å². The summed E-state index contributed by atoms with van der Waals surface area (Å²) in [5.41, 5.74) is 5.08. The van der Waals surface area contributed by atoms with E-state index < -0.39 is 30.5 Å². The average Bonchev–Trinajstić information content (AvgIpc) is 3.19. The number of fused-ring (bicyclic) bond motifs is 2. The van der Waals surface area contributed by atoms with Crippen molar-refractivity contribution >= 4 is 6.09 Å². The van der Waals surface area contributed by atoms with Crippen molar-refractivity contribution in [3.8, 4) is 0 Å². The quantitative estimate of drug-likeness (QED) is 0.767. The molecule has 1 amide bonds. The van der Waals surface area contributed by atoms with Gasteiger partial charge in [0.05, 0.1) is 0 Å². The van der Waals surface area contributed by atoms with E-state index in [1.165, 1.54) is 0 Å². The zero-order valence-corrected chi connectivity index (χ0v) is 11.6. The van der Waals surface area contributed by atoms with Crippen molar-refractivity contribution in [3.05, 3.63) is 34.9 Å². The molecule has 1 aromatic rings. The molecule has 0 aromatic heterocycles. The van der Waals surface area contributed by atoms with E-state index in [9.17, 15) is 13.6 Å². The molecule has 1 spiro atoms. The topological polar surface area (TPSA) is 71.6 Å². The van der Waals surface area contributed by atoms with Gasteiger partial charge >= 0.3 is 6.09 Å². The highest BCUT2D eigenvalue weighted by Crippen LogP contribution is 2.40. The number of benzene rings is 1. The molecule has 3 unspecified atom stereocenters. The van der Waals surface area contributed by atoms with Crippen LogP contribution in [0.5, 0.6) is 0 Å². The van der Waals surface area contributed by atoms with Crippen molar-refractivity contribution in [1.29, 1.82) is 0 Å². The number of carbonyl (C=O) groups excluding carboxylic acids is 1. The van der Waals surface area contributed by atoms with Crippen molar-refractivity contribution in [2.45, 2.75) is 37.2 Å². The molecule has 3 aliphatic rings. The first-order valence-electron chi connectivity index (χ1n) is 7.11. The minimum Gasteiger partial charge on any atom is -0.447 e. The third kappa shape index (κ3) is 2.06. The third-order valence-corrected chi connectivity index (χ3v) is 4.46. The first-order chi connectivity index (χ1) is 10.6. The van der Waals surface area contributed by atoms with Crippen LogP contribution in [0.2, 0.25) is 0 Å². The molecule has 3 N–H and O–H groups in total. The number of cyclic esters (lactones) is 1. The summed E-state index contributed by atoms with van der Waals surface area (Å²) in [5.74, 6) is 0. The lowest BCUT2D eigenvalue weighted by atomic mass is 9.92. The van der Waals surface area contributed by atoms with Gasteiger partial charge in [-0.2, -0.15) is 5.48 Å². The van der Waals surface area contributed by atoms with Crippen molar-refractivity contribution < 1.29 is 23.1 Å². The van der Waals surface area contributed by atoms with Gasteiger partial charge < -0.3 is 10.1 Å². The molecule has 0 bridgehead atoms. The summed E-state index contributed by atoms with van der Waals surface area (Å²) < 4.78 is 30.2. The second-order valence-corrected chi connectivity index (χ2v) is 5.79. The van der Waals surface area contributed by atoms with Crippen molar-refractivity contribution in [2.24, 2.45) is 0 Å². The number of hydrogen-bond donors (Lipinski definition) is 3. The number of alkyl halides is 2. The van der Waals surface area contributed by atoms with Crippen molar-refractivity contribution in [2.75, 3.05) is 6.61 Å². The minimum atomic E-state index is -2.60. The summed E-state index contributed by atoms with van der Waals surface area (Å²) in [6.07, 6.45) is -3.20. The fraction of sp³-hybridized carbons (Fsp3) is 0.500. The number of ether oxygens (including phenoxy) is 1. The highest BCUT2D eigenvalue weighted by molar-refractivity contribution is 5.72. The van der Waals surface area contributed by atoms with Gasteiger partial charge in [0, 0.05) is 0 Å². The molecular weight excluding hydrogens is 296 g/mol. The largest absolute Gasteiger partial charge is 0.447 e. The second-order valence-electron chi connectivity index (χ2n) is 5.79. The molecule has 2 saturated heterocycles. The van der Waals surface area contributed by atoms with Gasteiger partial charge in [0.2, 0.25) is 0 Å². The number of nitrogens with one attached hydrogen (secondary N) is 3. The molecule has 2 fully saturated rings. The molecule has 2 heterocycles. The standard InChI is InChI=1S/C14H15F2N3O3/c15-10(16)12-17-11(19-22-12)8-1-2-9-7(5-8)3-4-14(9)6-21-13(20)18-14/h1-2,5,10-12,17,19H,3-4,6H2,(H,18,20). The fourth-order valence-corrected chi connectivity index (χ4v) is 3.35. The molecule has 0 radical (unpaired) electrons. The van der Waals surface area contributed by atoms with Crippen LogP contribution in [0.3, 0.4) is 0 Å². The van der Waals surface area contributed by atoms with Crippen LogP contribution in [0.25, 0.3) is 0 Å². The fourth-order valence-electron chi connectivity index (χ4n) is 3.35. The predicted octanol–water partition coefficient (Wildman–Crippen LogP) is 1.28. The Balaban J connectivity index is 1.58. The Hall–Kier alpha value is -1.77. The normalized spacial score (nSPS) is 33.3. The Bertz CT molecular complexity index is 627. The van der Waals surface area contributed by atoms with Crippen LogP contribution in [-0.4, -0.2) is 25.4 Å². The van der Waals surface area contributed by atoms with E-state index in [0.717, 1.165) is 29.5 Å². The molecule has 8 heteroatoms. The predicted molar refractivity (Wildman–Crippen MR) is 70.8 cm³/mol. The first-order valence-corrected chi connectivity index (χ1v) is 7.11. The van der Waals surface area contributed by atoms with Gasteiger partial charge in [-0.15, -0.1) is 0 Å². The number of aryl methyl sites for hydroxylation is 1. The van der Waals surface area contributed by atoms with Crippen LogP contribution in [-0.2, 0) is 21.5 Å². The Morgan fingerprint density at radius 2 is 2.23 bits per heavy atom. The number of hydrogen-bond acceptors (Lipinski definition) is 5. The van der Waals surface area contributed by atoms with Crippen LogP contribution in [0.1, 0.15) is 29.3 Å². The summed E-state index contributed by atoms with van der Waals surface area (Å²) >= 11 is 0. The van der Waals surface area contributed by atoms with Crippen molar-refractivity contribution in [3.63, 3.8) is 0 Å². The summed E-state index contributed by atoms with van der Waals surface area (Å²) in [7, 11) is 0. The number of amides is 1. The molecule has 1 aliphatic carbocycles. The Morgan fingerprint density at radius 1 is 1.36 bits per heavy atom. The van der Waals surface area contributed by atoms with Crippen LogP contribution in [0.4, 0.5) is 13.6 Å². The van der Waals surface area contributed by atoms with E-state index >= 15 is 0 Å². The summed E-state index contributed by atoms with van der Waals surface area (Å²) in [6, 6.07) is 5.72. The molecule has 2 aliphatic heterocycles. The number of rotatable bonds is 2. The number of alkyl carbamates (subject to hydrolysis) is 1. The summed E-state index contributed by atoms with van der Waals surface area (Å²) in [4.78, 5) is 16.2. The van der Waals surface area contributed by atoms with Gasteiger partial charge in [0.1, 0.15) is 18.3 Å². The van der Waals surface area contributed by atoms with E-state index in [1.807, 2.05) is 18.2 Å². The molecule has 118 valence electrons. The number of hydroxylamine groups is 1. The average molecular weight is 311 g/mol. The molecule has 4 rings (SSSR count). The first kappa shape index (κ1) is 13.9. The Labute approximate surface area is 125 Å². The maximum absolute atomic E-state index is 12.6. The zero-order chi connectivity index (χ0) is 15.3. The molecule has 3 atom stereocenters. The van der Waals surface area contributed by atoms with E-state index in [2.05, 4.69) is 16.1 Å². The number of carbonyl (C=O) groups is 1. The zero-order valence-electron chi connectivity index (χ0n) is 11.6. The van der Waals surface area contributed by atoms with Gasteiger partial charge in [-0.05, 0) is 29.5 Å². The SMILES string of the molecule is O=C1NC2(CCc3cc(C4NOC(C(F)F)N4)ccc32)CO1. The molecule has 1 aromatic carbocycles. The van der Waals surface area contributed by atoms with Gasteiger partial charge in [-0.25, -0.2) is 13.6 Å². The highest BCUT2D eigenvalue weighted by Gasteiger charge is 2.46. The summed E-state index contributed by atoms with van der Waals surface area (Å²) in [5, 5.41) is 5.57. The Kier molecular flexibility index (Phi) is 3.07. The monoisotopic (exact) mass is 311 g/mol. The summed E-state index contributed by atoms with van der Waals surface area (Å²) in [6.45, 7) is 0.328. The third-order valence-electron chi connectivity index (χ3n) is 4.46. The van der Waals surface area contributed by atoms with Crippen LogP contribution < -0.4 is 16.1 Å². The van der Waals surface area contributed by atoms with E-state index in [-0.39, 0.29) is 0 Å². The van der Waals surface area contributed by atoms with Crippen LogP contribution in [0.15, 0.2) is 18.2 Å². The molecule has 6 nitrogen and oxygen atoms in total. The van der Waals surface area contributed by atoms with Crippen molar-refractivity contribution in [1.82, 2.24) is 16.1 Å². The minimum absolute atomic E-state index is 0.328.